The zero-order chi connectivity index (χ0) is 27.1. The number of hydrogen-bond donors (Lipinski definition) is 2. The number of fused-ring (bicyclic) bond motifs is 3. The maximum Gasteiger partial charge on any atom is 0.272 e. The summed E-state index contributed by atoms with van der Waals surface area (Å²) in [5.41, 5.74) is 3.04. The van der Waals surface area contributed by atoms with Crippen molar-refractivity contribution < 1.29 is 14.4 Å². The molecule has 1 aromatic carbocycles. The van der Waals surface area contributed by atoms with E-state index < -0.39 is 6.04 Å². The third-order valence-electron chi connectivity index (χ3n) is 8.86. The first-order chi connectivity index (χ1) is 18.9. The van der Waals surface area contributed by atoms with Gasteiger partial charge in [0.1, 0.15) is 17.4 Å². The van der Waals surface area contributed by atoms with Crippen LogP contribution in [0.15, 0.2) is 48.7 Å². The van der Waals surface area contributed by atoms with E-state index in [0.717, 1.165) is 17.3 Å². The molecule has 3 aliphatic rings. The summed E-state index contributed by atoms with van der Waals surface area (Å²) in [7, 11) is 0. The Morgan fingerprint density at radius 2 is 1.72 bits per heavy atom. The first-order valence-electron chi connectivity index (χ1n) is 14.3. The number of nitrogens with zero attached hydrogens (tertiary/aromatic N) is 3. The Balaban J connectivity index is 1.09. The van der Waals surface area contributed by atoms with E-state index in [1.807, 2.05) is 66.2 Å². The second-order valence-electron chi connectivity index (χ2n) is 11.8. The second-order valence-corrected chi connectivity index (χ2v) is 11.8. The number of likely N-dealkylation sites (tertiary alicyclic amines) is 2. The molecule has 2 bridgehead atoms. The molecular formula is C31H37N5O3. The number of carbonyl (C=O) groups excluding carboxylic acids is 3. The van der Waals surface area contributed by atoms with Crippen molar-refractivity contribution in [3.63, 3.8) is 0 Å². The lowest BCUT2D eigenvalue weighted by molar-refractivity contribution is -0.136. The van der Waals surface area contributed by atoms with Crippen LogP contribution in [-0.2, 0) is 4.79 Å². The van der Waals surface area contributed by atoms with Crippen molar-refractivity contribution in [3.05, 3.63) is 65.6 Å². The van der Waals surface area contributed by atoms with E-state index in [1.165, 1.54) is 37.7 Å². The Labute approximate surface area is 229 Å². The number of amides is 3. The van der Waals surface area contributed by atoms with Crippen molar-refractivity contribution >= 4 is 28.6 Å². The molecule has 8 heteroatoms. The van der Waals surface area contributed by atoms with Crippen molar-refractivity contribution in [3.8, 4) is 0 Å². The number of aromatic nitrogens is 2. The average molecular weight is 528 g/mol. The van der Waals surface area contributed by atoms with Gasteiger partial charge in [-0.15, -0.1) is 0 Å². The molecule has 39 heavy (non-hydrogen) atoms. The zero-order valence-corrected chi connectivity index (χ0v) is 22.7. The molecule has 0 spiro atoms. The van der Waals surface area contributed by atoms with Crippen molar-refractivity contribution in [2.45, 2.75) is 76.4 Å². The van der Waals surface area contributed by atoms with Gasteiger partial charge in [0, 0.05) is 30.2 Å². The van der Waals surface area contributed by atoms with Gasteiger partial charge in [-0.05, 0) is 54.9 Å². The van der Waals surface area contributed by atoms with Crippen LogP contribution in [0.3, 0.4) is 0 Å². The van der Waals surface area contributed by atoms with Gasteiger partial charge < -0.3 is 20.1 Å². The third kappa shape index (κ3) is 4.92. The van der Waals surface area contributed by atoms with Gasteiger partial charge in [0.15, 0.2) is 0 Å². The van der Waals surface area contributed by atoms with Crippen LogP contribution in [0, 0.1) is 5.92 Å². The van der Waals surface area contributed by atoms with Gasteiger partial charge in [-0.25, -0.2) is 0 Å². The average Bonchev–Trinajstić information content (AvgIpc) is 3.70. The first-order valence-corrected chi connectivity index (χ1v) is 14.3. The van der Waals surface area contributed by atoms with Crippen LogP contribution in [0.4, 0.5) is 0 Å². The molecule has 3 aromatic rings. The lowest BCUT2D eigenvalue weighted by Crippen LogP contribution is -2.57. The smallest absolute Gasteiger partial charge is 0.272 e. The Morgan fingerprint density at radius 3 is 2.38 bits per heavy atom. The minimum absolute atomic E-state index is 0.0245. The highest BCUT2D eigenvalue weighted by molar-refractivity contribution is 6.00. The fraction of sp³-hybridized carbons (Fsp3) is 0.484. The van der Waals surface area contributed by atoms with E-state index in [9.17, 15) is 14.4 Å². The normalized spacial score (nSPS) is 22.0. The minimum atomic E-state index is -0.638. The van der Waals surface area contributed by atoms with Gasteiger partial charge in [0.25, 0.3) is 11.8 Å². The minimum Gasteiger partial charge on any atom is -0.351 e. The quantitative estimate of drug-likeness (QED) is 0.494. The number of pyridine rings is 1. The Kier molecular flexibility index (Phi) is 6.87. The number of H-pyrrole nitrogens is 1. The molecule has 3 atom stereocenters. The molecule has 1 aliphatic carbocycles. The fourth-order valence-corrected chi connectivity index (χ4v) is 6.65. The monoisotopic (exact) mass is 527 g/mol. The highest BCUT2D eigenvalue weighted by atomic mass is 16.2. The van der Waals surface area contributed by atoms with Crippen LogP contribution >= 0.6 is 0 Å². The molecule has 3 fully saturated rings. The number of rotatable bonds is 6. The lowest BCUT2D eigenvalue weighted by atomic mass is 9.85. The van der Waals surface area contributed by atoms with Gasteiger partial charge in [0.05, 0.1) is 12.1 Å². The second kappa shape index (κ2) is 10.5. The van der Waals surface area contributed by atoms with Crippen LogP contribution < -0.4 is 5.32 Å². The van der Waals surface area contributed by atoms with Gasteiger partial charge >= 0.3 is 0 Å². The third-order valence-corrected chi connectivity index (χ3v) is 8.86. The predicted octanol–water partition coefficient (Wildman–Crippen LogP) is 4.49. The van der Waals surface area contributed by atoms with E-state index >= 15 is 0 Å². The van der Waals surface area contributed by atoms with Crippen LogP contribution in [-0.4, -0.2) is 68.7 Å². The summed E-state index contributed by atoms with van der Waals surface area (Å²) in [6.07, 6.45) is 8.90. The molecule has 2 aliphatic heterocycles. The van der Waals surface area contributed by atoms with Crippen molar-refractivity contribution in [1.82, 2.24) is 25.1 Å². The van der Waals surface area contributed by atoms with Gasteiger partial charge in [-0.2, -0.15) is 0 Å². The summed E-state index contributed by atoms with van der Waals surface area (Å²) in [6, 6.07) is 12.8. The van der Waals surface area contributed by atoms with E-state index in [0.29, 0.717) is 30.4 Å². The SMILES string of the molecule is CC(C)[C@H](NC(=O)c1cc2ccccc2[nH]1)C(=O)N1C[C@@H]2C[C@H]1CN2C(=O)c1ccc(C2CCCCC2)cn1. The van der Waals surface area contributed by atoms with E-state index in [2.05, 4.69) is 21.4 Å². The molecule has 4 heterocycles. The van der Waals surface area contributed by atoms with Gasteiger partial charge in [-0.3, -0.25) is 19.4 Å². The maximum atomic E-state index is 13.6. The molecule has 3 amide bonds. The Bertz CT molecular complexity index is 1340. The van der Waals surface area contributed by atoms with Gasteiger partial charge in [-0.1, -0.05) is 57.4 Å². The highest BCUT2D eigenvalue weighted by Crippen LogP contribution is 2.34. The topological polar surface area (TPSA) is 98.4 Å². The summed E-state index contributed by atoms with van der Waals surface area (Å²) in [5.74, 6) is 0.0568. The first kappa shape index (κ1) is 25.6. The number of carbonyl (C=O) groups is 3. The molecule has 6 rings (SSSR count). The number of hydrogen-bond acceptors (Lipinski definition) is 4. The van der Waals surface area contributed by atoms with E-state index in [4.69, 9.17) is 0 Å². The molecular weight excluding hydrogens is 490 g/mol. The van der Waals surface area contributed by atoms with E-state index in [-0.39, 0.29) is 35.7 Å². The van der Waals surface area contributed by atoms with E-state index in [1.54, 1.807) is 0 Å². The number of piperazine rings is 1. The molecule has 0 radical (unpaired) electrons. The highest BCUT2D eigenvalue weighted by Gasteiger charge is 2.49. The summed E-state index contributed by atoms with van der Waals surface area (Å²) in [5, 5.41) is 3.92. The summed E-state index contributed by atoms with van der Waals surface area (Å²) in [6.45, 7) is 4.88. The molecule has 8 nitrogen and oxygen atoms in total. The lowest BCUT2D eigenvalue weighted by Gasteiger charge is -2.36. The maximum absolute atomic E-state index is 13.6. The van der Waals surface area contributed by atoms with Crippen LogP contribution in [0.2, 0.25) is 0 Å². The molecule has 0 unspecified atom stereocenters. The molecule has 1 saturated carbocycles. The molecule has 2 N–H and O–H groups in total. The predicted molar refractivity (Wildman–Crippen MR) is 149 cm³/mol. The van der Waals surface area contributed by atoms with Crippen molar-refractivity contribution in [2.75, 3.05) is 13.1 Å². The summed E-state index contributed by atoms with van der Waals surface area (Å²) < 4.78 is 0. The standard InChI is InChI=1S/C31H37N5O3/c1-19(2)28(34-29(37)27-14-21-10-6-7-11-25(21)33-27)31(39)36-18-23-15-24(36)17-35(23)30(38)26-13-12-22(16-32-26)20-8-4-3-5-9-20/h6-7,10-14,16,19-20,23-24,28,33H,3-5,8-9,15,17-18H2,1-2H3,(H,34,37)/t23-,24-,28-/m0/s1. The molecule has 204 valence electrons. The van der Waals surface area contributed by atoms with Crippen LogP contribution in [0.5, 0.6) is 0 Å². The van der Waals surface area contributed by atoms with Gasteiger partial charge in [0.2, 0.25) is 5.91 Å². The zero-order valence-electron chi connectivity index (χ0n) is 22.7. The van der Waals surface area contributed by atoms with Crippen molar-refractivity contribution in [1.29, 1.82) is 0 Å². The van der Waals surface area contributed by atoms with Crippen molar-refractivity contribution in [2.24, 2.45) is 5.92 Å². The number of aromatic amines is 1. The number of benzene rings is 1. The summed E-state index contributed by atoms with van der Waals surface area (Å²) >= 11 is 0. The largest absolute Gasteiger partial charge is 0.351 e. The molecule has 2 aromatic heterocycles. The van der Waals surface area contributed by atoms with Crippen LogP contribution in [0.1, 0.15) is 84.8 Å². The molecule has 2 saturated heterocycles. The Morgan fingerprint density at radius 1 is 0.974 bits per heavy atom. The number of para-hydroxylation sites is 1. The van der Waals surface area contributed by atoms with Crippen LogP contribution in [0.25, 0.3) is 10.9 Å². The summed E-state index contributed by atoms with van der Waals surface area (Å²) in [4.78, 5) is 51.4. The Hall–Kier alpha value is -3.68. The fourth-order valence-electron chi connectivity index (χ4n) is 6.65. The number of nitrogens with one attached hydrogen (secondary N) is 2.